The van der Waals surface area contributed by atoms with E-state index in [1.165, 1.54) is 0 Å². The van der Waals surface area contributed by atoms with E-state index < -0.39 is 6.17 Å². The number of rotatable bonds is 1. The Hall–Kier alpha value is -0.680. The van der Waals surface area contributed by atoms with Gasteiger partial charge in [0.15, 0.2) is 0 Å². The van der Waals surface area contributed by atoms with Crippen molar-refractivity contribution in [3.8, 4) is 0 Å². The van der Waals surface area contributed by atoms with Gasteiger partial charge in [0.05, 0.1) is 6.54 Å². The first-order chi connectivity index (χ1) is 4.72. The lowest BCUT2D eigenvalue weighted by Crippen LogP contribution is -2.50. The van der Waals surface area contributed by atoms with Gasteiger partial charge in [0, 0.05) is 18.0 Å². The Labute approximate surface area is 59.2 Å². The van der Waals surface area contributed by atoms with E-state index in [1.807, 2.05) is 0 Å². The Kier molecular flexibility index (Phi) is 2.18. The average molecular weight is 144 g/mol. The van der Waals surface area contributed by atoms with Gasteiger partial charge >= 0.3 is 0 Å². The summed E-state index contributed by atoms with van der Waals surface area (Å²) in [7, 11) is 1.75. The molecule has 57 valence electrons. The summed E-state index contributed by atoms with van der Waals surface area (Å²) in [6.07, 6.45) is -0.589. The summed E-state index contributed by atoms with van der Waals surface area (Å²) in [4.78, 5) is 11.7. The molecule has 1 radical (unpaired) electrons. The van der Waals surface area contributed by atoms with Gasteiger partial charge in [-0.25, -0.2) is 10.2 Å². The maximum atomic E-state index is 10.3. The number of nitrogens with zero attached hydrogens (tertiary/aromatic N) is 3. The van der Waals surface area contributed by atoms with E-state index in [1.54, 1.807) is 11.9 Å². The van der Waals surface area contributed by atoms with Crippen molar-refractivity contribution in [1.29, 1.82) is 0 Å². The van der Waals surface area contributed by atoms with Crippen LogP contribution in [0.4, 0.5) is 0 Å². The summed E-state index contributed by atoms with van der Waals surface area (Å²) in [6, 6.07) is 0. The predicted octanol–water partition coefficient (Wildman–Crippen LogP) is -0.861. The van der Waals surface area contributed by atoms with E-state index in [9.17, 15) is 10.1 Å². The van der Waals surface area contributed by atoms with E-state index >= 15 is 0 Å². The maximum Gasteiger partial charge on any atom is 0.282 e. The molecule has 1 heterocycles. The van der Waals surface area contributed by atoms with Gasteiger partial charge < -0.3 is 0 Å². The van der Waals surface area contributed by atoms with Crippen molar-refractivity contribution in [2.75, 3.05) is 26.7 Å². The Balaban J connectivity index is 2.47. The van der Waals surface area contributed by atoms with Crippen LogP contribution in [0, 0.1) is 10.1 Å². The van der Waals surface area contributed by atoms with Gasteiger partial charge in [-0.15, -0.1) is 0 Å². The van der Waals surface area contributed by atoms with Crippen molar-refractivity contribution >= 4 is 0 Å². The molecule has 1 aliphatic rings. The predicted molar refractivity (Wildman–Crippen MR) is 35.3 cm³/mol. The van der Waals surface area contributed by atoms with Crippen molar-refractivity contribution in [3.63, 3.8) is 0 Å². The van der Waals surface area contributed by atoms with Crippen molar-refractivity contribution in [1.82, 2.24) is 10.2 Å². The van der Waals surface area contributed by atoms with Gasteiger partial charge in [0.2, 0.25) is 0 Å². The molecule has 0 saturated carbocycles. The molecule has 0 N–H and O–H groups in total. The lowest BCUT2D eigenvalue weighted by Gasteiger charge is -2.24. The Bertz CT molecular complexity index is 139. The lowest BCUT2D eigenvalue weighted by molar-refractivity contribution is -0.549. The monoisotopic (exact) mass is 144 g/mol. The normalized spacial score (nSPS) is 28.3. The first kappa shape index (κ1) is 7.43. The van der Waals surface area contributed by atoms with Gasteiger partial charge in [-0.05, 0) is 7.05 Å². The fourth-order valence-corrected chi connectivity index (χ4v) is 0.951. The van der Waals surface area contributed by atoms with Crippen LogP contribution >= 0.6 is 0 Å². The molecule has 0 aromatic heterocycles. The summed E-state index contributed by atoms with van der Waals surface area (Å²) in [5.74, 6) is 0. The van der Waals surface area contributed by atoms with Crippen molar-refractivity contribution in [2.24, 2.45) is 0 Å². The molecule has 1 aliphatic heterocycles. The smallest absolute Gasteiger partial charge is 0.263 e. The minimum Gasteiger partial charge on any atom is -0.263 e. The van der Waals surface area contributed by atoms with Gasteiger partial charge in [-0.2, -0.15) is 0 Å². The molecule has 0 aromatic rings. The van der Waals surface area contributed by atoms with E-state index in [2.05, 4.69) is 5.32 Å². The van der Waals surface area contributed by atoms with Crippen LogP contribution in [-0.2, 0) is 0 Å². The fourth-order valence-electron chi connectivity index (χ4n) is 0.951. The van der Waals surface area contributed by atoms with Crippen molar-refractivity contribution in [3.05, 3.63) is 10.1 Å². The average Bonchev–Trinajstić information content (AvgIpc) is 1.88. The largest absolute Gasteiger partial charge is 0.282 e. The van der Waals surface area contributed by atoms with Gasteiger partial charge in [-0.1, -0.05) is 0 Å². The molecular formula is C5H10N3O2. The molecule has 1 fully saturated rings. The third kappa shape index (κ3) is 1.43. The molecular weight excluding hydrogens is 134 g/mol. The standard InChI is InChI=1S/C5H10N3O2/c1-7-3-2-6-4-5(7)8(9)10/h5H,2-4H2,1H3. The molecule has 5 nitrogen and oxygen atoms in total. The molecule has 10 heavy (non-hydrogen) atoms. The summed E-state index contributed by atoms with van der Waals surface area (Å²) >= 11 is 0. The summed E-state index contributed by atoms with van der Waals surface area (Å²) in [6.45, 7) is 1.76. The first-order valence-electron chi connectivity index (χ1n) is 3.19. The van der Waals surface area contributed by atoms with E-state index in [4.69, 9.17) is 0 Å². The zero-order chi connectivity index (χ0) is 7.56. The molecule has 0 bridgehead atoms. The fraction of sp³-hybridized carbons (Fsp3) is 1.00. The Morgan fingerprint density at radius 1 is 1.80 bits per heavy atom. The topological polar surface area (TPSA) is 60.5 Å². The van der Waals surface area contributed by atoms with Crippen LogP contribution in [0.2, 0.25) is 0 Å². The van der Waals surface area contributed by atoms with Crippen molar-refractivity contribution in [2.45, 2.75) is 6.17 Å². The van der Waals surface area contributed by atoms with E-state index in [0.717, 1.165) is 6.54 Å². The quantitative estimate of drug-likeness (QED) is 0.355. The molecule has 1 unspecified atom stereocenters. The summed E-state index contributed by atoms with van der Waals surface area (Å²) in [5, 5.41) is 14.2. The molecule has 0 aliphatic carbocycles. The van der Waals surface area contributed by atoms with Gasteiger partial charge in [0.25, 0.3) is 6.17 Å². The maximum absolute atomic E-state index is 10.3. The van der Waals surface area contributed by atoms with Crippen LogP contribution < -0.4 is 5.32 Å². The van der Waals surface area contributed by atoms with Crippen molar-refractivity contribution < 1.29 is 4.92 Å². The van der Waals surface area contributed by atoms with E-state index in [-0.39, 0.29) is 4.92 Å². The van der Waals surface area contributed by atoms with Gasteiger partial charge in [-0.3, -0.25) is 10.1 Å². The summed E-state index contributed by atoms with van der Waals surface area (Å²) < 4.78 is 0. The second-order valence-electron chi connectivity index (χ2n) is 2.38. The zero-order valence-corrected chi connectivity index (χ0v) is 5.86. The number of piperazine rings is 1. The highest BCUT2D eigenvalue weighted by Crippen LogP contribution is 2.00. The lowest BCUT2D eigenvalue weighted by atomic mass is 10.3. The molecule has 1 saturated heterocycles. The first-order valence-corrected chi connectivity index (χ1v) is 3.19. The third-order valence-electron chi connectivity index (χ3n) is 1.66. The number of nitro groups is 1. The van der Waals surface area contributed by atoms with Crippen LogP contribution in [0.25, 0.3) is 0 Å². The zero-order valence-electron chi connectivity index (χ0n) is 5.86. The Morgan fingerprint density at radius 3 is 2.90 bits per heavy atom. The summed E-state index contributed by atoms with van der Waals surface area (Å²) in [5.41, 5.74) is 0. The molecule has 5 heteroatoms. The second-order valence-corrected chi connectivity index (χ2v) is 2.38. The highest BCUT2D eigenvalue weighted by atomic mass is 16.6. The Morgan fingerprint density at radius 2 is 2.50 bits per heavy atom. The third-order valence-corrected chi connectivity index (χ3v) is 1.66. The minimum absolute atomic E-state index is 0.289. The molecule has 0 aromatic carbocycles. The van der Waals surface area contributed by atoms with Crippen LogP contribution in [0.15, 0.2) is 0 Å². The van der Waals surface area contributed by atoms with Gasteiger partial charge in [0.1, 0.15) is 0 Å². The molecule has 0 spiro atoms. The highest BCUT2D eigenvalue weighted by Gasteiger charge is 2.28. The van der Waals surface area contributed by atoms with E-state index in [0.29, 0.717) is 13.1 Å². The van der Waals surface area contributed by atoms with Crippen LogP contribution in [0.5, 0.6) is 0 Å². The SMILES string of the molecule is CN1CC[N]CC1[N+](=O)[O-]. The highest BCUT2D eigenvalue weighted by molar-refractivity contribution is 4.67. The number of hydrogen-bond donors (Lipinski definition) is 0. The van der Waals surface area contributed by atoms with Crippen LogP contribution in [-0.4, -0.2) is 42.7 Å². The number of likely N-dealkylation sites (N-methyl/N-ethyl adjacent to an activating group) is 1. The van der Waals surface area contributed by atoms with Crippen LogP contribution in [0.3, 0.4) is 0 Å². The second kappa shape index (κ2) is 2.94. The molecule has 0 amide bonds. The van der Waals surface area contributed by atoms with Crippen LogP contribution in [0.1, 0.15) is 0 Å². The minimum atomic E-state index is -0.589. The molecule has 1 rings (SSSR count). The molecule has 1 atom stereocenters. The number of hydrogen-bond acceptors (Lipinski definition) is 3.